The third kappa shape index (κ3) is 4.24. The van der Waals surface area contributed by atoms with Crippen LogP contribution in [0, 0.1) is 0 Å². The van der Waals surface area contributed by atoms with Crippen LogP contribution in [0.4, 0.5) is 10.8 Å². The van der Waals surface area contributed by atoms with Crippen molar-refractivity contribution < 1.29 is 0 Å². The molecule has 0 aliphatic heterocycles. The second-order valence-corrected chi connectivity index (χ2v) is 10.0. The van der Waals surface area contributed by atoms with E-state index in [1.54, 1.807) is 6.07 Å². The molecule has 2 aromatic carbocycles. The molecule has 0 radical (unpaired) electrons. The fourth-order valence-corrected chi connectivity index (χ4v) is 4.88. The zero-order valence-electron chi connectivity index (χ0n) is 16.8. The van der Waals surface area contributed by atoms with Crippen LogP contribution in [0.5, 0.6) is 0 Å². The normalized spacial score (nSPS) is 11.8. The van der Waals surface area contributed by atoms with E-state index in [0.717, 1.165) is 32.2 Å². The number of nitrogens with zero attached hydrogens (tertiary/aromatic N) is 1. The van der Waals surface area contributed by atoms with Crippen LogP contribution in [-0.2, 0) is 11.8 Å². The molecular formula is C23H21Cl2N3OS. The van der Waals surface area contributed by atoms with Crippen molar-refractivity contribution in [3.05, 3.63) is 85.1 Å². The topological polar surface area (TPSA) is 57.8 Å². The SMILES string of the molecule is CC(C)(C)c1nc(Nc2cccc(Cl)c2Cl)sc1Cc1cc2ccccc2[nH]c1=O. The lowest BCUT2D eigenvalue weighted by Crippen LogP contribution is -2.17. The first-order valence-electron chi connectivity index (χ1n) is 9.54. The first-order valence-corrected chi connectivity index (χ1v) is 11.1. The standard InChI is InChI=1S/C23H21Cl2N3OS/c1-23(2,3)20-18(12-14-11-13-7-4-5-9-16(13)26-21(14)29)30-22(28-20)27-17-10-6-8-15(24)19(17)25/h4-11H,12H2,1-3H3,(H,26,29)(H,27,28). The molecule has 0 bridgehead atoms. The minimum absolute atomic E-state index is 0.0747. The number of fused-ring (bicyclic) bond motifs is 1. The number of aromatic amines is 1. The van der Waals surface area contributed by atoms with Gasteiger partial charge in [-0.3, -0.25) is 4.79 Å². The van der Waals surface area contributed by atoms with Crippen LogP contribution < -0.4 is 10.9 Å². The lowest BCUT2D eigenvalue weighted by atomic mass is 9.90. The number of halogens is 2. The molecule has 2 heterocycles. The molecule has 0 fully saturated rings. The molecule has 154 valence electrons. The van der Waals surface area contributed by atoms with Crippen molar-refractivity contribution in [3.8, 4) is 0 Å². The molecule has 4 nitrogen and oxygen atoms in total. The highest BCUT2D eigenvalue weighted by atomic mass is 35.5. The van der Waals surface area contributed by atoms with Crippen molar-refractivity contribution in [1.29, 1.82) is 0 Å². The van der Waals surface area contributed by atoms with Gasteiger partial charge in [-0.25, -0.2) is 4.98 Å². The van der Waals surface area contributed by atoms with Gasteiger partial charge in [0, 0.05) is 27.8 Å². The average Bonchev–Trinajstić information content (AvgIpc) is 3.09. The van der Waals surface area contributed by atoms with Crippen LogP contribution in [0.15, 0.2) is 53.3 Å². The molecule has 2 aromatic heterocycles. The Morgan fingerprint density at radius 3 is 2.63 bits per heavy atom. The van der Waals surface area contributed by atoms with Crippen LogP contribution in [0.1, 0.15) is 36.9 Å². The maximum atomic E-state index is 12.7. The summed E-state index contributed by atoms with van der Waals surface area (Å²) in [6.07, 6.45) is 0.509. The zero-order valence-corrected chi connectivity index (χ0v) is 19.2. The van der Waals surface area contributed by atoms with E-state index >= 15 is 0 Å². The Kier molecular flexibility index (Phi) is 5.62. The molecule has 0 unspecified atom stereocenters. The molecule has 0 saturated carbocycles. The van der Waals surface area contributed by atoms with Crippen LogP contribution >= 0.6 is 34.5 Å². The molecule has 0 amide bonds. The van der Waals surface area contributed by atoms with Crippen LogP contribution in [0.2, 0.25) is 10.0 Å². The van der Waals surface area contributed by atoms with Gasteiger partial charge in [0.25, 0.3) is 5.56 Å². The molecule has 0 atom stereocenters. The highest BCUT2D eigenvalue weighted by molar-refractivity contribution is 7.15. The number of hydrogen-bond acceptors (Lipinski definition) is 4. The molecule has 7 heteroatoms. The Morgan fingerprint density at radius 2 is 1.87 bits per heavy atom. The molecule has 30 heavy (non-hydrogen) atoms. The summed E-state index contributed by atoms with van der Waals surface area (Å²) in [4.78, 5) is 21.5. The van der Waals surface area contributed by atoms with Crippen LogP contribution in [0.3, 0.4) is 0 Å². The predicted octanol–water partition coefficient (Wildman–Crippen LogP) is 6.92. The quantitative estimate of drug-likeness (QED) is 0.349. The lowest BCUT2D eigenvalue weighted by molar-refractivity contribution is 0.568. The molecule has 4 rings (SSSR count). The summed E-state index contributed by atoms with van der Waals surface area (Å²) in [5.41, 5.74) is 2.97. The predicted molar refractivity (Wildman–Crippen MR) is 128 cm³/mol. The van der Waals surface area contributed by atoms with Gasteiger partial charge in [-0.2, -0.15) is 0 Å². The molecule has 4 aromatic rings. The monoisotopic (exact) mass is 457 g/mol. The first kappa shape index (κ1) is 20.9. The molecule has 0 aliphatic rings. The van der Waals surface area contributed by atoms with Gasteiger partial charge in [-0.1, -0.05) is 68.2 Å². The summed E-state index contributed by atoms with van der Waals surface area (Å²) in [6.45, 7) is 6.35. The fraction of sp³-hybridized carbons (Fsp3) is 0.217. The number of anilines is 2. The molecule has 0 saturated heterocycles. The highest BCUT2D eigenvalue weighted by Crippen LogP contribution is 2.37. The van der Waals surface area contributed by atoms with Crippen molar-refractivity contribution in [2.75, 3.05) is 5.32 Å². The first-order chi connectivity index (χ1) is 14.2. The fourth-order valence-electron chi connectivity index (χ4n) is 3.32. The van der Waals surface area contributed by atoms with Gasteiger partial charge in [0.1, 0.15) is 0 Å². The zero-order chi connectivity index (χ0) is 21.5. The van der Waals surface area contributed by atoms with Crippen molar-refractivity contribution >= 4 is 56.3 Å². The Bertz CT molecular complexity index is 1290. The number of nitrogens with one attached hydrogen (secondary N) is 2. The number of H-pyrrole nitrogens is 1. The summed E-state index contributed by atoms with van der Waals surface area (Å²) >= 11 is 14.0. The van der Waals surface area contributed by atoms with E-state index in [1.165, 1.54) is 11.3 Å². The van der Waals surface area contributed by atoms with Crippen molar-refractivity contribution in [2.45, 2.75) is 32.6 Å². The maximum absolute atomic E-state index is 12.7. The summed E-state index contributed by atoms with van der Waals surface area (Å²) < 4.78 is 0. The van der Waals surface area contributed by atoms with E-state index in [9.17, 15) is 4.79 Å². The van der Waals surface area contributed by atoms with Crippen molar-refractivity contribution in [1.82, 2.24) is 9.97 Å². The summed E-state index contributed by atoms with van der Waals surface area (Å²) in [7, 11) is 0. The van der Waals surface area contributed by atoms with E-state index in [4.69, 9.17) is 28.2 Å². The van der Waals surface area contributed by atoms with E-state index in [-0.39, 0.29) is 11.0 Å². The lowest BCUT2D eigenvalue weighted by Gasteiger charge is -2.17. The van der Waals surface area contributed by atoms with Gasteiger partial charge in [0.05, 0.1) is 21.4 Å². The Balaban J connectivity index is 1.73. The minimum atomic E-state index is -0.173. The average molecular weight is 458 g/mol. The third-order valence-corrected chi connectivity index (χ3v) is 6.57. The smallest absolute Gasteiger partial charge is 0.251 e. The Labute approximate surface area is 188 Å². The van der Waals surface area contributed by atoms with Crippen molar-refractivity contribution in [3.63, 3.8) is 0 Å². The number of pyridine rings is 1. The van der Waals surface area contributed by atoms with Gasteiger partial charge in [-0.05, 0) is 29.7 Å². The highest BCUT2D eigenvalue weighted by Gasteiger charge is 2.24. The number of hydrogen-bond donors (Lipinski definition) is 2. The van der Waals surface area contributed by atoms with Crippen LogP contribution in [-0.4, -0.2) is 9.97 Å². The van der Waals surface area contributed by atoms with E-state index in [0.29, 0.717) is 22.2 Å². The maximum Gasteiger partial charge on any atom is 0.251 e. The Hall–Kier alpha value is -2.34. The van der Waals surface area contributed by atoms with E-state index in [2.05, 4.69) is 31.1 Å². The largest absolute Gasteiger partial charge is 0.330 e. The number of thiazole rings is 1. The molecule has 2 N–H and O–H groups in total. The van der Waals surface area contributed by atoms with Gasteiger partial charge in [0.15, 0.2) is 5.13 Å². The third-order valence-electron chi connectivity index (χ3n) is 4.78. The molecule has 0 spiro atoms. The van der Waals surface area contributed by atoms with Gasteiger partial charge in [0.2, 0.25) is 0 Å². The Morgan fingerprint density at radius 1 is 1.10 bits per heavy atom. The van der Waals surface area contributed by atoms with Crippen LogP contribution in [0.25, 0.3) is 10.9 Å². The van der Waals surface area contributed by atoms with Gasteiger partial charge >= 0.3 is 0 Å². The number of para-hydroxylation sites is 1. The second-order valence-electron chi connectivity index (χ2n) is 8.15. The van der Waals surface area contributed by atoms with Gasteiger partial charge < -0.3 is 10.3 Å². The summed E-state index contributed by atoms with van der Waals surface area (Å²) in [5, 5.41) is 5.95. The van der Waals surface area contributed by atoms with E-state index < -0.39 is 0 Å². The molecular weight excluding hydrogens is 437 g/mol. The summed E-state index contributed by atoms with van der Waals surface area (Å²) in [6, 6.07) is 15.2. The summed E-state index contributed by atoms with van der Waals surface area (Å²) in [5.74, 6) is 0. The molecule has 0 aliphatic carbocycles. The minimum Gasteiger partial charge on any atom is -0.330 e. The van der Waals surface area contributed by atoms with Gasteiger partial charge in [-0.15, -0.1) is 11.3 Å². The number of aromatic nitrogens is 2. The number of benzene rings is 2. The number of rotatable bonds is 4. The second kappa shape index (κ2) is 8.06. The van der Waals surface area contributed by atoms with E-state index in [1.807, 2.05) is 42.5 Å². The van der Waals surface area contributed by atoms with Crippen molar-refractivity contribution in [2.24, 2.45) is 0 Å².